The first-order valence-electron chi connectivity index (χ1n) is 11.5. The van der Waals surface area contributed by atoms with Crippen molar-refractivity contribution in [3.05, 3.63) is 71.4 Å². The number of aliphatic carboxylic acids is 2. The van der Waals surface area contributed by atoms with Crippen LogP contribution in [-0.2, 0) is 22.7 Å². The Morgan fingerprint density at radius 3 is 1.93 bits per heavy atom. The molecule has 15 heteroatoms. The summed E-state index contributed by atoms with van der Waals surface area (Å²) in [6, 6.07) is 18.5. The number of nitrogens with zero attached hydrogens (tertiary/aromatic N) is 3. The molecule has 1 aromatic heterocycles. The predicted octanol–water partition coefficient (Wildman–Crippen LogP) is 5.40. The highest BCUT2D eigenvalue weighted by atomic mass is 19.4. The summed E-state index contributed by atoms with van der Waals surface area (Å²) in [5, 5.41) is 17.6. The minimum Gasteiger partial charge on any atom is -0.497 e. The Hall–Kier alpha value is -4.40. The third-order valence-corrected chi connectivity index (χ3v) is 4.65. The van der Waals surface area contributed by atoms with Crippen LogP contribution < -0.4 is 10.1 Å². The molecule has 2 aromatic carbocycles. The molecule has 0 saturated carbocycles. The van der Waals surface area contributed by atoms with E-state index in [0.29, 0.717) is 12.5 Å². The van der Waals surface area contributed by atoms with Crippen molar-refractivity contribution in [3.63, 3.8) is 0 Å². The van der Waals surface area contributed by atoms with Crippen LogP contribution in [0.1, 0.15) is 16.8 Å². The summed E-state index contributed by atoms with van der Waals surface area (Å²) >= 11 is 0. The topological polar surface area (TPSA) is 125 Å². The van der Waals surface area contributed by atoms with Crippen LogP contribution >= 0.6 is 0 Å². The van der Waals surface area contributed by atoms with Crippen molar-refractivity contribution < 1.29 is 50.9 Å². The van der Waals surface area contributed by atoms with Gasteiger partial charge in [0.05, 0.1) is 12.8 Å². The van der Waals surface area contributed by atoms with Gasteiger partial charge in [0.2, 0.25) is 5.95 Å². The molecule has 41 heavy (non-hydrogen) atoms. The molecule has 0 saturated heterocycles. The van der Waals surface area contributed by atoms with E-state index in [1.54, 1.807) is 7.11 Å². The third-order valence-electron chi connectivity index (χ3n) is 4.65. The monoisotopic (exact) mass is 590 g/mol. The van der Waals surface area contributed by atoms with Gasteiger partial charge in [-0.1, -0.05) is 30.3 Å². The molecule has 0 aliphatic carbocycles. The summed E-state index contributed by atoms with van der Waals surface area (Å²) in [7, 11) is 5.82. The maximum absolute atomic E-state index is 10.6. The quantitative estimate of drug-likeness (QED) is 0.310. The van der Waals surface area contributed by atoms with Crippen LogP contribution in [-0.4, -0.2) is 70.6 Å². The fourth-order valence-corrected chi connectivity index (χ4v) is 2.95. The summed E-state index contributed by atoms with van der Waals surface area (Å²) in [5.74, 6) is -4.04. The molecule has 0 bridgehead atoms. The highest BCUT2D eigenvalue weighted by Crippen LogP contribution is 2.22. The average Bonchev–Trinajstić information content (AvgIpc) is 2.87. The third kappa shape index (κ3) is 13.5. The highest BCUT2D eigenvalue weighted by Gasteiger charge is 2.38. The number of nitrogens with one attached hydrogen (secondary N) is 1. The molecule has 9 nitrogen and oxygen atoms in total. The summed E-state index contributed by atoms with van der Waals surface area (Å²) in [6.45, 7) is 3.53. The molecule has 0 radical (unpaired) electrons. The fraction of sp³-hybridized carbons (Fsp3) is 0.308. The van der Waals surface area contributed by atoms with Gasteiger partial charge in [0.15, 0.2) is 0 Å². The van der Waals surface area contributed by atoms with Gasteiger partial charge in [0, 0.05) is 24.3 Å². The molecule has 3 rings (SSSR count). The van der Waals surface area contributed by atoms with Crippen molar-refractivity contribution in [2.24, 2.45) is 0 Å². The molecule has 3 N–H and O–H groups in total. The van der Waals surface area contributed by atoms with E-state index in [4.69, 9.17) is 29.5 Å². The van der Waals surface area contributed by atoms with Crippen molar-refractivity contribution in [3.8, 4) is 17.0 Å². The largest absolute Gasteiger partial charge is 0.497 e. The number of carbonyl (C=O) groups is 2. The van der Waals surface area contributed by atoms with Crippen molar-refractivity contribution in [1.82, 2.24) is 14.9 Å². The van der Waals surface area contributed by atoms with E-state index >= 15 is 0 Å². The first-order chi connectivity index (χ1) is 18.9. The second-order valence-electron chi connectivity index (χ2n) is 8.47. The predicted molar refractivity (Wildman–Crippen MR) is 137 cm³/mol. The number of methoxy groups -OCH3 is 1. The van der Waals surface area contributed by atoms with Gasteiger partial charge >= 0.3 is 24.3 Å². The van der Waals surface area contributed by atoms with Gasteiger partial charge in [-0.2, -0.15) is 26.3 Å². The zero-order chi connectivity index (χ0) is 31.4. The van der Waals surface area contributed by atoms with Gasteiger partial charge < -0.3 is 25.2 Å². The summed E-state index contributed by atoms with van der Waals surface area (Å²) in [6.07, 6.45) is -10.2. The lowest BCUT2D eigenvalue weighted by Crippen LogP contribution is -2.21. The van der Waals surface area contributed by atoms with Crippen LogP contribution in [0.4, 0.5) is 32.3 Å². The molecular formula is C26H28F6N4O5. The minimum atomic E-state index is -5.08. The van der Waals surface area contributed by atoms with Crippen molar-refractivity contribution >= 4 is 17.9 Å². The molecule has 0 aliphatic rings. The van der Waals surface area contributed by atoms with E-state index in [1.165, 1.54) is 5.56 Å². The molecule has 0 amide bonds. The molecule has 1 heterocycles. The van der Waals surface area contributed by atoms with Gasteiger partial charge in [-0.25, -0.2) is 19.6 Å². The summed E-state index contributed by atoms with van der Waals surface area (Å²) < 4.78 is 68.8. The standard InChI is InChI=1S/C22H26N4O.2C2HF3O2/c1-16-11-21(19-9-5-8-18(12-19)15-26(2)3)25-22(24-16)23-14-17-7-6-10-20(13-17)27-4;2*3-2(4,5)1(6)7/h5-13H,14-15H2,1-4H3,(H,23,24,25);2*(H,6,7). The van der Waals surface area contributed by atoms with Crippen LogP contribution in [0.25, 0.3) is 11.3 Å². The van der Waals surface area contributed by atoms with Gasteiger partial charge in [-0.3, -0.25) is 0 Å². The first-order valence-corrected chi connectivity index (χ1v) is 11.5. The van der Waals surface area contributed by atoms with Gasteiger partial charge in [0.25, 0.3) is 0 Å². The van der Waals surface area contributed by atoms with E-state index in [9.17, 15) is 26.3 Å². The van der Waals surface area contributed by atoms with Crippen LogP contribution in [0.2, 0.25) is 0 Å². The van der Waals surface area contributed by atoms with Crippen LogP contribution in [0.3, 0.4) is 0 Å². The number of carboxylic acids is 2. The molecule has 3 aromatic rings. The number of aromatic nitrogens is 2. The van der Waals surface area contributed by atoms with Gasteiger partial charge in [0.1, 0.15) is 5.75 Å². The maximum atomic E-state index is 10.6. The number of anilines is 1. The van der Waals surface area contributed by atoms with E-state index in [0.717, 1.165) is 34.8 Å². The number of rotatable bonds is 7. The summed E-state index contributed by atoms with van der Waals surface area (Å²) in [4.78, 5) is 29.2. The number of aryl methyl sites for hydroxylation is 1. The lowest BCUT2D eigenvalue weighted by Gasteiger charge is -2.12. The smallest absolute Gasteiger partial charge is 0.490 e. The van der Waals surface area contributed by atoms with Crippen molar-refractivity contribution in [1.29, 1.82) is 0 Å². The maximum Gasteiger partial charge on any atom is 0.490 e. The SMILES string of the molecule is COc1cccc(CNc2nc(C)cc(-c3cccc(CN(C)C)c3)n2)c1.O=C(O)C(F)(F)F.O=C(O)C(F)(F)F. The molecule has 0 aliphatic heterocycles. The first kappa shape index (κ1) is 34.6. The molecule has 0 fully saturated rings. The highest BCUT2D eigenvalue weighted by molar-refractivity contribution is 5.73. The molecule has 0 atom stereocenters. The van der Waals surface area contributed by atoms with E-state index in [-0.39, 0.29) is 0 Å². The molecule has 224 valence electrons. The number of alkyl halides is 6. The lowest BCUT2D eigenvalue weighted by molar-refractivity contribution is -0.193. The molecule has 0 unspecified atom stereocenters. The Morgan fingerprint density at radius 2 is 1.41 bits per heavy atom. The second-order valence-corrected chi connectivity index (χ2v) is 8.47. The second kappa shape index (κ2) is 15.4. The van der Waals surface area contributed by atoms with Gasteiger partial charge in [-0.05, 0) is 56.4 Å². The number of hydrogen-bond acceptors (Lipinski definition) is 7. The number of ether oxygens (including phenoxy) is 1. The van der Waals surface area contributed by atoms with Crippen molar-refractivity contribution in [2.75, 3.05) is 26.5 Å². The van der Waals surface area contributed by atoms with E-state index in [1.807, 2.05) is 31.2 Å². The van der Waals surface area contributed by atoms with Crippen molar-refractivity contribution in [2.45, 2.75) is 32.4 Å². The Labute approximate surface area is 231 Å². The molecule has 0 spiro atoms. The number of halogens is 6. The fourth-order valence-electron chi connectivity index (χ4n) is 2.95. The van der Waals surface area contributed by atoms with Crippen LogP contribution in [0.5, 0.6) is 5.75 Å². The Bertz CT molecular complexity index is 1280. The lowest BCUT2D eigenvalue weighted by atomic mass is 10.1. The number of hydrogen-bond donors (Lipinski definition) is 3. The van der Waals surface area contributed by atoms with Gasteiger partial charge in [-0.15, -0.1) is 0 Å². The number of benzene rings is 2. The van der Waals surface area contributed by atoms with E-state index < -0.39 is 24.3 Å². The zero-order valence-corrected chi connectivity index (χ0v) is 22.3. The Morgan fingerprint density at radius 1 is 0.878 bits per heavy atom. The minimum absolute atomic E-state index is 0.630. The van der Waals surface area contributed by atoms with Crippen LogP contribution in [0, 0.1) is 6.92 Å². The molecular weight excluding hydrogens is 562 g/mol. The average molecular weight is 591 g/mol. The zero-order valence-electron chi connectivity index (χ0n) is 22.3. The summed E-state index contributed by atoms with van der Waals surface area (Å²) in [5.41, 5.74) is 5.35. The Kier molecular flexibility index (Phi) is 13.0. The number of carboxylic acid groups (broad SMARTS) is 2. The Balaban J connectivity index is 0.000000497. The van der Waals surface area contributed by atoms with Crippen LogP contribution in [0.15, 0.2) is 54.6 Å². The van der Waals surface area contributed by atoms with E-state index in [2.05, 4.69) is 59.6 Å². The normalized spacial score (nSPS) is 11.0.